The van der Waals surface area contributed by atoms with Crippen LogP contribution in [0.2, 0.25) is 0 Å². The lowest BCUT2D eigenvalue weighted by Gasteiger charge is -2.09. The fourth-order valence-electron chi connectivity index (χ4n) is 3.36. The zero-order valence-corrected chi connectivity index (χ0v) is 16.9. The number of benzene rings is 2. The van der Waals surface area contributed by atoms with Crippen LogP contribution in [0.25, 0.3) is 28.6 Å². The van der Waals surface area contributed by atoms with Crippen LogP contribution < -0.4 is 11.2 Å². The predicted octanol–water partition coefficient (Wildman–Crippen LogP) is 2.11. The third kappa shape index (κ3) is 3.85. The number of imidazole rings is 1. The molecule has 0 aliphatic heterocycles. The van der Waals surface area contributed by atoms with E-state index in [1.54, 1.807) is 48.5 Å². The van der Waals surface area contributed by atoms with Gasteiger partial charge in [-0.3, -0.25) is 13.9 Å². The zero-order valence-electron chi connectivity index (χ0n) is 16.9. The number of hydrogen-bond donors (Lipinski definition) is 2. The van der Waals surface area contributed by atoms with Gasteiger partial charge in [0.15, 0.2) is 5.65 Å². The number of hydrogen-bond acceptors (Lipinski definition) is 5. The summed E-state index contributed by atoms with van der Waals surface area (Å²) < 4.78 is 2.40. The molecule has 0 saturated heterocycles. The number of nitrogens with one attached hydrogen (secondary N) is 1. The Labute approximate surface area is 181 Å². The number of carboxylic acids is 1. The topological polar surface area (TPSA) is 134 Å². The van der Waals surface area contributed by atoms with Gasteiger partial charge in [-0.15, -0.1) is 0 Å². The minimum Gasteiger partial charge on any atom is -0.478 e. The molecule has 2 aromatic carbocycles. The minimum absolute atomic E-state index is 0.141. The van der Waals surface area contributed by atoms with E-state index < -0.39 is 17.2 Å². The van der Waals surface area contributed by atoms with E-state index >= 15 is 0 Å². The monoisotopic (exact) mass is 427 g/mol. The van der Waals surface area contributed by atoms with E-state index in [9.17, 15) is 14.4 Å². The van der Waals surface area contributed by atoms with Crippen LogP contribution in [0, 0.1) is 11.3 Å². The van der Waals surface area contributed by atoms with Gasteiger partial charge in [-0.1, -0.05) is 36.4 Å². The first kappa shape index (κ1) is 20.6. The Morgan fingerprint density at radius 1 is 1.22 bits per heavy atom. The third-order valence-electron chi connectivity index (χ3n) is 4.98. The molecule has 0 bridgehead atoms. The molecule has 0 aliphatic rings. The van der Waals surface area contributed by atoms with E-state index in [1.807, 2.05) is 0 Å². The summed E-state index contributed by atoms with van der Waals surface area (Å²) in [5, 5.41) is 17.9. The largest absolute Gasteiger partial charge is 0.478 e. The highest BCUT2D eigenvalue weighted by molar-refractivity contribution is 5.85. The van der Waals surface area contributed by atoms with Gasteiger partial charge < -0.3 is 10.1 Å². The highest BCUT2D eigenvalue weighted by Gasteiger charge is 2.17. The number of aromatic nitrogens is 4. The molecule has 0 unspecified atom stereocenters. The minimum atomic E-state index is -1.04. The maximum absolute atomic E-state index is 12.8. The van der Waals surface area contributed by atoms with Gasteiger partial charge in [0.05, 0.1) is 18.2 Å². The lowest BCUT2D eigenvalue weighted by atomic mass is 10.1. The smallest absolute Gasteiger partial charge is 0.332 e. The standard InChI is InChI=1S/C23H17N5O4/c1-27-22(31)19-21(28(23(27)32)13-16-4-2-3-15(11-16)12-24)26-20(25-19)17-8-5-14(6-9-17)7-10-18(29)30/h2-11H,13H2,1H3,(H,25,26)(H,29,30)/b10-7+. The van der Waals surface area contributed by atoms with Crippen LogP contribution in [0.5, 0.6) is 0 Å². The van der Waals surface area contributed by atoms with Gasteiger partial charge in [0.1, 0.15) is 11.3 Å². The van der Waals surface area contributed by atoms with Gasteiger partial charge in [0.2, 0.25) is 0 Å². The van der Waals surface area contributed by atoms with Crippen molar-refractivity contribution in [3.8, 4) is 17.5 Å². The number of carbonyl (C=O) groups is 1. The van der Waals surface area contributed by atoms with Gasteiger partial charge in [-0.25, -0.2) is 14.6 Å². The first-order valence-electron chi connectivity index (χ1n) is 9.57. The SMILES string of the molecule is Cn1c(=O)c2[nH]c(-c3ccc(/C=C/C(=O)O)cc3)nc2n(Cc2cccc(C#N)c2)c1=O. The van der Waals surface area contributed by atoms with E-state index in [2.05, 4.69) is 16.0 Å². The summed E-state index contributed by atoms with van der Waals surface area (Å²) in [7, 11) is 1.40. The van der Waals surface area contributed by atoms with E-state index in [1.165, 1.54) is 17.7 Å². The Balaban J connectivity index is 1.81. The van der Waals surface area contributed by atoms with Crippen LogP contribution in [-0.4, -0.2) is 30.2 Å². The molecule has 0 aliphatic carbocycles. The summed E-state index contributed by atoms with van der Waals surface area (Å²) in [6, 6.07) is 15.9. The molecular formula is C23H17N5O4. The average Bonchev–Trinajstić information content (AvgIpc) is 3.25. The number of fused-ring (bicyclic) bond motifs is 1. The number of carboxylic acid groups (broad SMARTS) is 1. The Morgan fingerprint density at radius 2 is 1.97 bits per heavy atom. The molecular weight excluding hydrogens is 410 g/mol. The highest BCUT2D eigenvalue weighted by Crippen LogP contribution is 2.20. The van der Waals surface area contributed by atoms with Crippen molar-refractivity contribution in [2.45, 2.75) is 6.54 Å². The fourth-order valence-corrected chi connectivity index (χ4v) is 3.36. The predicted molar refractivity (Wildman–Crippen MR) is 118 cm³/mol. The van der Waals surface area contributed by atoms with E-state index in [0.29, 0.717) is 22.5 Å². The maximum Gasteiger partial charge on any atom is 0.332 e. The molecule has 2 aromatic heterocycles. The molecule has 0 saturated carbocycles. The molecule has 158 valence electrons. The molecule has 9 heteroatoms. The van der Waals surface area contributed by atoms with Crippen LogP contribution >= 0.6 is 0 Å². The van der Waals surface area contributed by atoms with Crippen molar-refractivity contribution in [1.29, 1.82) is 5.26 Å². The third-order valence-corrected chi connectivity index (χ3v) is 4.98. The summed E-state index contributed by atoms with van der Waals surface area (Å²) in [6.45, 7) is 0.141. The highest BCUT2D eigenvalue weighted by atomic mass is 16.4. The van der Waals surface area contributed by atoms with Crippen LogP contribution in [0.1, 0.15) is 16.7 Å². The molecule has 0 fully saturated rings. The number of nitrogens with zero attached hydrogens (tertiary/aromatic N) is 4. The summed E-state index contributed by atoms with van der Waals surface area (Å²) in [6.07, 6.45) is 2.51. The molecule has 2 N–H and O–H groups in total. The summed E-state index contributed by atoms with van der Waals surface area (Å²) in [4.78, 5) is 43.7. The van der Waals surface area contributed by atoms with E-state index in [-0.39, 0.29) is 17.7 Å². The molecule has 9 nitrogen and oxygen atoms in total. The van der Waals surface area contributed by atoms with Gasteiger partial charge in [-0.05, 0) is 29.3 Å². The lowest BCUT2D eigenvalue weighted by molar-refractivity contribution is -0.131. The maximum atomic E-state index is 12.8. The Bertz CT molecular complexity index is 1530. The first-order valence-corrected chi connectivity index (χ1v) is 9.57. The van der Waals surface area contributed by atoms with Crippen molar-refractivity contribution in [3.63, 3.8) is 0 Å². The average molecular weight is 427 g/mol. The van der Waals surface area contributed by atoms with E-state index in [0.717, 1.165) is 16.2 Å². The van der Waals surface area contributed by atoms with Crippen LogP contribution in [0.3, 0.4) is 0 Å². The molecule has 4 rings (SSSR count). The van der Waals surface area contributed by atoms with Crippen molar-refractivity contribution < 1.29 is 9.90 Å². The van der Waals surface area contributed by atoms with Crippen molar-refractivity contribution >= 4 is 23.2 Å². The van der Waals surface area contributed by atoms with Gasteiger partial charge in [-0.2, -0.15) is 5.26 Å². The summed E-state index contributed by atoms with van der Waals surface area (Å²) in [5.41, 5.74) is 1.95. The van der Waals surface area contributed by atoms with E-state index in [4.69, 9.17) is 10.4 Å². The second kappa shape index (κ2) is 8.20. The van der Waals surface area contributed by atoms with Gasteiger partial charge >= 0.3 is 11.7 Å². The number of aromatic amines is 1. The second-order valence-corrected chi connectivity index (χ2v) is 7.12. The van der Waals surface area contributed by atoms with Crippen molar-refractivity contribution in [2.75, 3.05) is 0 Å². The van der Waals surface area contributed by atoms with Gasteiger partial charge in [0, 0.05) is 18.7 Å². The molecule has 2 heterocycles. The Morgan fingerprint density at radius 3 is 2.66 bits per heavy atom. The summed E-state index contributed by atoms with van der Waals surface area (Å²) >= 11 is 0. The first-order chi connectivity index (χ1) is 15.4. The zero-order chi connectivity index (χ0) is 22.8. The van der Waals surface area contributed by atoms with Crippen LogP contribution in [-0.2, 0) is 18.4 Å². The number of nitriles is 1. The molecule has 0 amide bonds. The summed E-state index contributed by atoms with van der Waals surface area (Å²) in [5.74, 6) is -0.642. The van der Waals surface area contributed by atoms with Crippen molar-refractivity contribution in [3.05, 3.63) is 92.1 Å². The molecule has 0 radical (unpaired) electrons. The molecule has 32 heavy (non-hydrogen) atoms. The molecule has 0 atom stereocenters. The van der Waals surface area contributed by atoms with Crippen LogP contribution in [0.4, 0.5) is 0 Å². The fraction of sp³-hybridized carbons (Fsp3) is 0.0870. The lowest BCUT2D eigenvalue weighted by Crippen LogP contribution is -2.38. The second-order valence-electron chi connectivity index (χ2n) is 7.12. The quantitative estimate of drug-likeness (QED) is 0.469. The molecule has 0 spiro atoms. The van der Waals surface area contributed by atoms with Gasteiger partial charge in [0.25, 0.3) is 5.56 Å². The number of H-pyrrole nitrogens is 1. The Kier molecular flexibility index (Phi) is 5.27. The Hall–Kier alpha value is -4.71. The molecule has 4 aromatic rings. The number of aliphatic carboxylic acids is 1. The normalized spacial score (nSPS) is 11.1. The van der Waals surface area contributed by atoms with Crippen molar-refractivity contribution in [1.82, 2.24) is 19.1 Å². The van der Waals surface area contributed by atoms with Crippen molar-refractivity contribution in [2.24, 2.45) is 7.05 Å². The number of rotatable bonds is 5. The van der Waals surface area contributed by atoms with Crippen LogP contribution in [0.15, 0.2) is 64.2 Å².